The molecule has 0 radical (unpaired) electrons. The number of hydrogen-bond acceptors (Lipinski definition) is 4. The number of rotatable bonds is 6. The van der Waals surface area contributed by atoms with Gasteiger partial charge in [0.15, 0.2) is 5.96 Å². The van der Waals surface area contributed by atoms with E-state index in [0.717, 1.165) is 11.5 Å². The van der Waals surface area contributed by atoms with Gasteiger partial charge in [0.2, 0.25) is 5.89 Å². The maximum absolute atomic E-state index is 12.2. The molecule has 22 heavy (non-hydrogen) atoms. The molecule has 0 amide bonds. The summed E-state index contributed by atoms with van der Waals surface area (Å²) in [6.07, 6.45) is -4.19. The van der Waals surface area contributed by atoms with Gasteiger partial charge in [0, 0.05) is 20.1 Å². The minimum atomic E-state index is -4.19. The molecule has 0 aliphatic carbocycles. The SMILES string of the molecule is CN=C(NCCN(C)CC(F)(F)F)NCc1nc(C)c(C)o1. The van der Waals surface area contributed by atoms with E-state index >= 15 is 0 Å². The van der Waals surface area contributed by atoms with Gasteiger partial charge >= 0.3 is 6.18 Å². The highest BCUT2D eigenvalue weighted by molar-refractivity contribution is 5.79. The zero-order valence-corrected chi connectivity index (χ0v) is 13.2. The van der Waals surface area contributed by atoms with Gasteiger partial charge in [-0.1, -0.05) is 0 Å². The Balaban J connectivity index is 2.31. The Morgan fingerprint density at radius 2 is 2.00 bits per heavy atom. The smallest absolute Gasteiger partial charge is 0.401 e. The molecule has 1 heterocycles. The molecule has 0 unspecified atom stereocenters. The molecule has 0 saturated carbocycles. The molecule has 1 aromatic rings. The Morgan fingerprint density at radius 3 is 2.50 bits per heavy atom. The van der Waals surface area contributed by atoms with Crippen LogP contribution in [0.15, 0.2) is 9.41 Å². The predicted octanol–water partition coefficient (Wildman–Crippen LogP) is 1.45. The molecule has 1 rings (SSSR count). The van der Waals surface area contributed by atoms with Crippen LogP contribution in [0, 0.1) is 13.8 Å². The zero-order valence-electron chi connectivity index (χ0n) is 13.2. The molecule has 0 fully saturated rings. The van der Waals surface area contributed by atoms with Crippen molar-refractivity contribution in [1.82, 2.24) is 20.5 Å². The van der Waals surface area contributed by atoms with Crippen molar-refractivity contribution in [3.63, 3.8) is 0 Å². The number of oxazole rings is 1. The van der Waals surface area contributed by atoms with Crippen molar-refractivity contribution in [1.29, 1.82) is 0 Å². The lowest BCUT2D eigenvalue weighted by Gasteiger charge is -2.19. The van der Waals surface area contributed by atoms with Crippen molar-refractivity contribution < 1.29 is 17.6 Å². The van der Waals surface area contributed by atoms with E-state index in [1.54, 1.807) is 7.05 Å². The summed E-state index contributed by atoms with van der Waals surface area (Å²) >= 11 is 0. The molecule has 0 atom stereocenters. The Bertz CT molecular complexity index is 479. The van der Waals surface area contributed by atoms with E-state index in [9.17, 15) is 13.2 Å². The van der Waals surface area contributed by atoms with Crippen LogP contribution in [-0.4, -0.2) is 55.7 Å². The average molecular weight is 321 g/mol. The molecule has 0 saturated heterocycles. The summed E-state index contributed by atoms with van der Waals surface area (Å²) in [6, 6.07) is 0. The first-order chi connectivity index (χ1) is 10.2. The lowest BCUT2D eigenvalue weighted by atomic mass is 10.4. The fourth-order valence-electron chi connectivity index (χ4n) is 1.75. The molecule has 9 heteroatoms. The largest absolute Gasteiger partial charge is 0.444 e. The maximum Gasteiger partial charge on any atom is 0.401 e. The number of alkyl halides is 3. The number of nitrogens with one attached hydrogen (secondary N) is 2. The summed E-state index contributed by atoms with van der Waals surface area (Å²) in [4.78, 5) is 9.40. The summed E-state index contributed by atoms with van der Waals surface area (Å²) in [5.41, 5.74) is 0.827. The van der Waals surface area contributed by atoms with Crippen molar-refractivity contribution in [2.75, 3.05) is 33.7 Å². The van der Waals surface area contributed by atoms with Gasteiger partial charge in [0.25, 0.3) is 0 Å². The third-order valence-corrected chi connectivity index (χ3v) is 2.94. The molecular formula is C13H22F3N5O. The number of aliphatic imine (C=N–C) groups is 1. The molecule has 0 aromatic carbocycles. The second kappa shape index (κ2) is 8.02. The van der Waals surface area contributed by atoms with Crippen molar-refractivity contribution in [3.8, 4) is 0 Å². The Morgan fingerprint density at radius 1 is 1.32 bits per heavy atom. The van der Waals surface area contributed by atoms with Gasteiger partial charge in [-0.25, -0.2) is 4.98 Å². The quantitative estimate of drug-likeness (QED) is 0.613. The lowest BCUT2D eigenvalue weighted by Crippen LogP contribution is -2.42. The Kier molecular flexibility index (Phi) is 6.66. The van der Waals surface area contributed by atoms with Crippen LogP contribution in [0.5, 0.6) is 0 Å². The zero-order chi connectivity index (χ0) is 16.8. The molecule has 0 aliphatic heterocycles. The molecule has 1 aromatic heterocycles. The van der Waals surface area contributed by atoms with Crippen molar-refractivity contribution in [2.24, 2.45) is 4.99 Å². The van der Waals surface area contributed by atoms with Crippen molar-refractivity contribution in [2.45, 2.75) is 26.6 Å². The summed E-state index contributed by atoms with van der Waals surface area (Å²) < 4.78 is 42.0. The van der Waals surface area contributed by atoms with Crippen LogP contribution < -0.4 is 10.6 Å². The van der Waals surface area contributed by atoms with Gasteiger partial charge in [-0.3, -0.25) is 9.89 Å². The van der Waals surface area contributed by atoms with Gasteiger partial charge in [0.1, 0.15) is 5.76 Å². The van der Waals surface area contributed by atoms with Gasteiger partial charge in [-0.15, -0.1) is 0 Å². The van der Waals surface area contributed by atoms with Crippen molar-refractivity contribution >= 4 is 5.96 Å². The highest BCUT2D eigenvalue weighted by Crippen LogP contribution is 2.14. The van der Waals surface area contributed by atoms with Crippen LogP contribution in [0.4, 0.5) is 13.2 Å². The molecular weight excluding hydrogens is 299 g/mol. The summed E-state index contributed by atoms with van der Waals surface area (Å²) in [5.74, 6) is 1.77. The number of guanidine groups is 1. The normalized spacial score (nSPS) is 12.8. The fourth-order valence-corrected chi connectivity index (χ4v) is 1.75. The number of hydrogen-bond donors (Lipinski definition) is 2. The predicted molar refractivity (Wildman–Crippen MR) is 77.7 cm³/mol. The lowest BCUT2D eigenvalue weighted by molar-refractivity contribution is -0.142. The highest BCUT2D eigenvalue weighted by atomic mass is 19.4. The van der Waals surface area contributed by atoms with Gasteiger partial charge < -0.3 is 15.1 Å². The van der Waals surface area contributed by atoms with Crippen LogP contribution in [0.2, 0.25) is 0 Å². The third-order valence-electron chi connectivity index (χ3n) is 2.94. The fraction of sp³-hybridized carbons (Fsp3) is 0.692. The first-order valence-corrected chi connectivity index (χ1v) is 6.84. The average Bonchev–Trinajstić information content (AvgIpc) is 2.70. The first-order valence-electron chi connectivity index (χ1n) is 6.84. The number of likely N-dealkylation sites (N-methyl/N-ethyl adjacent to an activating group) is 1. The molecule has 0 bridgehead atoms. The number of aromatic nitrogens is 1. The Hall–Kier alpha value is -1.77. The molecule has 0 spiro atoms. The summed E-state index contributed by atoms with van der Waals surface area (Å²) in [6.45, 7) is 3.69. The van der Waals surface area contributed by atoms with E-state index in [0.29, 0.717) is 24.9 Å². The van der Waals surface area contributed by atoms with E-state index in [1.165, 1.54) is 11.9 Å². The van der Waals surface area contributed by atoms with Gasteiger partial charge in [0.05, 0.1) is 18.8 Å². The topological polar surface area (TPSA) is 65.7 Å². The van der Waals surface area contributed by atoms with E-state index in [2.05, 4.69) is 20.6 Å². The monoisotopic (exact) mass is 321 g/mol. The number of nitrogens with zero attached hydrogens (tertiary/aromatic N) is 3. The minimum Gasteiger partial charge on any atom is -0.444 e. The van der Waals surface area contributed by atoms with E-state index in [-0.39, 0.29) is 6.54 Å². The third kappa shape index (κ3) is 6.79. The molecule has 2 N–H and O–H groups in total. The molecule has 0 aliphatic rings. The minimum absolute atomic E-state index is 0.247. The van der Waals surface area contributed by atoms with Crippen LogP contribution in [0.25, 0.3) is 0 Å². The standard InChI is InChI=1S/C13H22F3N5O/c1-9-10(2)22-11(20-9)7-19-12(17-3)18-5-6-21(4)8-13(14,15)16/h5-8H2,1-4H3,(H2,17,18,19). The van der Waals surface area contributed by atoms with Crippen LogP contribution in [0.1, 0.15) is 17.3 Å². The van der Waals surface area contributed by atoms with Crippen molar-refractivity contribution in [3.05, 3.63) is 17.3 Å². The van der Waals surface area contributed by atoms with Gasteiger partial charge in [-0.2, -0.15) is 13.2 Å². The summed E-state index contributed by atoms with van der Waals surface area (Å²) in [5, 5.41) is 5.93. The molecule has 126 valence electrons. The number of halogens is 3. The van der Waals surface area contributed by atoms with Crippen LogP contribution in [0.3, 0.4) is 0 Å². The number of aryl methyl sites for hydroxylation is 2. The second-order valence-corrected chi connectivity index (χ2v) is 4.95. The highest BCUT2D eigenvalue weighted by Gasteiger charge is 2.28. The molecule has 6 nitrogen and oxygen atoms in total. The van der Waals surface area contributed by atoms with E-state index in [1.807, 2.05) is 13.8 Å². The van der Waals surface area contributed by atoms with Crippen LogP contribution in [-0.2, 0) is 6.54 Å². The Labute approximate surface area is 127 Å². The van der Waals surface area contributed by atoms with E-state index in [4.69, 9.17) is 4.42 Å². The van der Waals surface area contributed by atoms with Gasteiger partial charge in [-0.05, 0) is 20.9 Å². The van der Waals surface area contributed by atoms with E-state index < -0.39 is 12.7 Å². The first kappa shape index (κ1) is 18.3. The summed E-state index contributed by atoms with van der Waals surface area (Å²) in [7, 11) is 3.00. The maximum atomic E-state index is 12.2. The van der Waals surface area contributed by atoms with Crippen LogP contribution >= 0.6 is 0 Å². The second-order valence-electron chi connectivity index (χ2n) is 4.95.